The van der Waals surface area contributed by atoms with Gasteiger partial charge in [0.2, 0.25) is 0 Å². The third-order valence-corrected chi connectivity index (χ3v) is 2.04. The Bertz CT molecular complexity index is 369. The van der Waals surface area contributed by atoms with Gasteiger partial charge >= 0.3 is 5.97 Å². The van der Waals surface area contributed by atoms with Crippen molar-refractivity contribution >= 4 is 11.8 Å². The van der Waals surface area contributed by atoms with E-state index in [-0.39, 0.29) is 18.2 Å². The second kappa shape index (κ2) is 5.29. The normalized spacial score (nSPS) is 9.73. The number of rotatable bonds is 4. The summed E-state index contributed by atoms with van der Waals surface area (Å²) in [6.45, 7) is 3.61. The number of hydrogen-bond acceptors (Lipinski definition) is 3. The maximum atomic E-state index is 11.3. The Kier molecular flexibility index (Phi) is 4.03. The van der Waals surface area contributed by atoms with E-state index in [9.17, 15) is 9.59 Å². The van der Waals surface area contributed by atoms with Crippen LogP contribution in [0.15, 0.2) is 24.3 Å². The van der Waals surface area contributed by atoms with Crippen LogP contribution in [0.2, 0.25) is 0 Å². The van der Waals surface area contributed by atoms with E-state index in [1.807, 2.05) is 0 Å². The fraction of sp³-hybridized carbons (Fsp3) is 0.333. The van der Waals surface area contributed by atoms with E-state index in [2.05, 4.69) is 0 Å². The lowest BCUT2D eigenvalue weighted by atomic mass is 10.0. The van der Waals surface area contributed by atoms with Crippen molar-refractivity contribution in [2.75, 3.05) is 6.61 Å². The summed E-state index contributed by atoms with van der Waals surface area (Å²) in [6, 6.07) is 7.08. The monoisotopic (exact) mass is 206 g/mol. The summed E-state index contributed by atoms with van der Waals surface area (Å²) in [5, 5.41) is 0. The Morgan fingerprint density at radius 2 is 1.93 bits per heavy atom. The van der Waals surface area contributed by atoms with Crippen LogP contribution in [0.25, 0.3) is 0 Å². The first-order valence-corrected chi connectivity index (χ1v) is 4.89. The van der Waals surface area contributed by atoms with Crippen molar-refractivity contribution in [3.63, 3.8) is 0 Å². The van der Waals surface area contributed by atoms with E-state index < -0.39 is 0 Å². The van der Waals surface area contributed by atoms with Crippen LogP contribution in [0.5, 0.6) is 0 Å². The predicted octanol–water partition coefficient (Wildman–Crippen LogP) is 1.99. The summed E-state index contributed by atoms with van der Waals surface area (Å²) in [6.07, 6.45) is 0.156. The topological polar surface area (TPSA) is 43.4 Å². The lowest BCUT2D eigenvalue weighted by molar-refractivity contribution is -0.142. The van der Waals surface area contributed by atoms with Crippen molar-refractivity contribution in [2.24, 2.45) is 0 Å². The number of carbonyl (C=O) groups is 2. The molecule has 0 spiro atoms. The first-order chi connectivity index (χ1) is 7.15. The van der Waals surface area contributed by atoms with Gasteiger partial charge in [-0.2, -0.15) is 0 Å². The average Bonchev–Trinajstić information content (AvgIpc) is 2.18. The van der Waals surface area contributed by atoms with Crippen LogP contribution >= 0.6 is 0 Å². The van der Waals surface area contributed by atoms with Crippen molar-refractivity contribution in [3.8, 4) is 0 Å². The molecule has 0 aliphatic carbocycles. The van der Waals surface area contributed by atoms with Crippen molar-refractivity contribution in [1.29, 1.82) is 0 Å². The molecule has 3 heteroatoms. The van der Waals surface area contributed by atoms with Crippen molar-refractivity contribution in [1.82, 2.24) is 0 Å². The molecular formula is C12H14O3. The first-order valence-electron chi connectivity index (χ1n) is 4.89. The van der Waals surface area contributed by atoms with Gasteiger partial charge in [0, 0.05) is 5.56 Å². The maximum Gasteiger partial charge on any atom is 0.310 e. The highest BCUT2D eigenvalue weighted by molar-refractivity contribution is 5.96. The van der Waals surface area contributed by atoms with E-state index in [0.29, 0.717) is 12.2 Å². The van der Waals surface area contributed by atoms with Crippen LogP contribution in [-0.2, 0) is 16.0 Å². The molecule has 1 aromatic rings. The first kappa shape index (κ1) is 11.4. The van der Waals surface area contributed by atoms with E-state index in [1.165, 1.54) is 6.92 Å². The van der Waals surface area contributed by atoms with Gasteiger partial charge in [-0.15, -0.1) is 0 Å². The molecule has 80 valence electrons. The fourth-order valence-corrected chi connectivity index (χ4v) is 1.39. The Morgan fingerprint density at radius 1 is 1.27 bits per heavy atom. The molecule has 0 N–H and O–H groups in total. The molecule has 15 heavy (non-hydrogen) atoms. The molecule has 0 unspecified atom stereocenters. The van der Waals surface area contributed by atoms with Crippen molar-refractivity contribution in [3.05, 3.63) is 35.4 Å². The second-order valence-electron chi connectivity index (χ2n) is 3.20. The van der Waals surface area contributed by atoms with Gasteiger partial charge in [-0.3, -0.25) is 9.59 Å². The van der Waals surface area contributed by atoms with Gasteiger partial charge in [0.1, 0.15) is 0 Å². The van der Waals surface area contributed by atoms with Gasteiger partial charge in [-0.05, 0) is 19.4 Å². The number of hydrogen-bond donors (Lipinski definition) is 0. The summed E-state index contributed by atoms with van der Waals surface area (Å²) in [7, 11) is 0. The number of ketones is 1. The van der Waals surface area contributed by atoms with Crippen LogP contribution in [-0.4, -0.2) is 18.4 Å². The van der Waals surface area contributed by atoms with E-state index in [1.54, 1.807) is 31.2 Å². The van der Waals surface area contributed by atoms with E-state index >= 15 is 0 Å². The lowest BCUT2D eigenvalue weighted by Crippen LogP contribution is -2.10. The summed E-state index contributed by atoms with van der Waals surface area (Å²) in [5.41, 5.74) is 1.31. The smallest absolute Gasteiger partial charge is 0.310 e. The van der Waals surface area contributed by atoms with E-state index in [0.717, 1.165) is 5.56 Å². The summed E-state index contributed by atoms with van der Waals surface area (Å²) >= 11 is 0. The average molecular weight is 206 g/mol. The van der Waals surface area contributed by atoms with Crippen LogP contribution < -0.4 is 0 Å². The third-order valence-electron chi connectivity index (χ3n) is 2.04. The SMILES string of the molecule is CCOC(=O)Cc1ccccc1C(C)=O. The van der Waals surface area contributed by atoms with Crippen molar-refractivity contribution in [2.45, 2.75) is 20.3 Å². The van der Waals surface area contributed by atoms with Crippen LogP contribution in [0.3, 0.4) is 0 Å². The zero-order chi connectivity index (χ0) is 11.3. The fourth-order valence-electron chi connectivity index (χ4n) is 1.39. The molecule has 0 fully saturated rings. The highest BCUT2D eigenvalue weighted by atomic mass is 16.5. The Hall–Kier alpha value is -1.64. The van der Waals surface area contributed by atoms with Gasteiger partial charge in [-0.1, -0.05) is 24.3 Å². The van der Waals surface area contributed by atoms with Gasteiger partial charge in [-0.25, -0.2) is 0 Å². The molecule has 1 rings (SSSR count). The quantitative estimate of drug-likeness (QED) is 0.559. The Morgan fingerprint density at radius 3 is 2.53 bits per heavy atom. The molecule has 0 heterocycles. The largest absolute Gasteiger partial charge is 0.466 e. The predicted molar refractivity (Wildman–Crippen MR) is 56.8 cm³/mol. The molecule has 0 saturated carbocycles. The summed E-state index contributed by atoms with van der Waals surface area (Å²) in [4.78, 5) is 22.5. The second-order valence-corrected chi connectivity index (χ2v) is 3.20. The molecule has 0 aromatic heterocycles. The molecule has 0 aliphatic rings. The van der Waals surface area contributed by atoms with Gasteiger partial charge < -0.3 is 4.74 Å². The number of Topliss-reactive ketones (excluding diaryl/α,β-unsaturated/α-hetero) is 1. The van der Waals surface area contributed by atoms with Crippen molar-refractivity contribution < 1.29 is 14.3 Å². The highest BCUT2D eigenvalue weighted by Crippen LogP contribution is 2.10. The zero-order valence-electron chi connectivity index (χ0n) is 8.95. The standard InChI is InChI=1S/C12H14O3/c1-3-15-12(14)8-10-6-4-5-7-11(10)9(2)13/h4-7H,3,8H2,1-2H3. The molecule has 0 radical (unpaired) electrons. The summed E-state index contributed by atoms with van der Waals surface area (Å²) in [5.74, 6) is -0.332. The molecule has 1 aromatic carbocycles. The lowest BCUT2D eigenvalue weighted by Gasteiger charge is -2.05. The molecule has 0 aliphatic heterocycles. The maximum absolute atomic E-state index is 11.3. The minimum Gasteiger partial charge on any atom is -0.466 e. The van der Waals surface area contributed by atoms with Gasteiger partial charge in [0.25, 0.3) is 0 Å². The molecule has 3 nitrogen and oxygen atoms in total. The highest BCUT2D eigenvalue weighted by Gasteiger charge is 2.10. The number of carbonyl (C=O) groups excluding carboxylic acids is 2. The Labute approximate surface area is 89.1 Å². The summed E-state index contributed by atoms with van der Waals surface area (Å²) < 4.78 is 4.83. The minimum absolute atomic E-state index is 0.0325. The van der Waals surface area contributed by atoms with Crippen LogP contribution in [0.4, 0.5) is 0 Å². The number of esters is 1. The van der Waals surface area contributed by atoms with Gasteiger partial charge in [0.05, 0.1) is 13.0 Å². The molecule has 0 bridgehead atoms. The molecule has 0 amide bonds. The number of ether oxygens (including phenoxy) is 1. The van der Waals surface area contributed by atoms with Crippen LogP contribution in [0, 0.1) is 0 Å². The molecule has 0 atom stereocenters. The van der Waals surface area contributed by atoms with Crippen LogP contribution in [0.1, 0.15) is 29.8 Å². The van der Waals surface area contributed by atoms with E-state index in [4.69, 9.17) is 4.74 Å². The minimum atomic E-state index is -0.300. The number of benzene rings is 1. The molecular weight excluding hydrogens is 192 g/mol. The molecule has 0 saturated heterocycles. The Balaban J connectivity index is 2.84. The van der Waals surface area contributed by atoms with Gasteiger partial charge in [0.15, 0.2) is 5.78 Å². The zero-order valence-corrected chi connectivity index (χ0v) is 8.95. The third kappa shape index (κ3) is 3.20.